The molecule has 0 aliphatic heterocycles. The van der Waals surface area contributed by atoms with Crippen molar-refractivity contribution in [2.45, 2.75) is 13.3 Å². The summed E-state index contributed by atoms with van der Waals surface area (Å²) in [5, 5.41) is 0. The lowest BCUT2D eigenvalue weighted by molar-refractivity contribution is 0.565. The highest BCUT2D eigenvalue weighted by Gasteiger charge is 2.09. The lowest BCUT2D eigenvalue weighted by Crippen LogP contribution is -1.93. The van der Waals surface area contributed by atoms with Gasteiger partial charge >= 0.3 is 0 Å². The van der Waals surface area contributed by atoms with Gasteiger partial charge in [0.15, 0.2) is 0 Å². The molecule has 4 N–H and O–H groups in total. The SMILES string of the molecule is CCc1cocc1-c1cc(N)ccc1N. The van der Waals surface area contributed by atoms with Gasteiger partial charge < -0.3 is 15.9 Å². The van der Waals surface area contributed by atoms with Crippen molar-refractivity contribution in [3.05, 3.63) is 36.3 Å². The molecule has 1 heterocycles. The van der Waals surface area contributed by atoms with Crippen LogP contribution in [0.1, 0.15) is 12.5 Å². The van der Waals surface area contributed by atoms with Crippen molar-refractivity contribution in [2.24, 2.45) is 0 Å². The molecule has 0 saturated heterocycles. The number of hydrogen-bond acceptors (Lipinski definition) is 3. The molecule has 15 heavy (non-hydrogen) atoms. The van der Waals surface area contributed by atoms with Crippen LogP contribution in [0, 0.1) is 0 Å². The lowest BCUT2D eigenvalue weighted by Gasteiger charge is -2.06. The molecule has 0 saturated carbocycles. The van der Waals surface area contributed by atoms with Crippen molar-refractivity contribution in [2.75, 3.05) is 11.5 Å². The summed E-state index contributed by atoms with van der Waals surface area (Å²) in [6, 6.07) is 5.49. The first-order valence-corrected chi connectivity index (χ1v) is 4.92. The normalized spacial score (nSPS) is 10.5. The Labute approximate surface area is 88.7 Å². The molecular formula is C12H14N2O. The highest BCUT2D eigenvalue weighted by molar-refractivity contribution is 5.80. The fourth-order valence-electron chi connectivity index (χ4n) is 1.64. The molecule has 1 aromatic heterocycles. The molecule has 0 fully saturated rings. The van der Waals surface area contributed by atoms with Crippen molar-refractivity contribution in [3.8, 4) is 11.1 Å². The molecular weight excluding hydrogens is 188 g/mol. The van der Waals surface area contributed by atoms with E-state index in [-0.39, 0.29) is 0 Å². The first kappa shape index (κ1) is 9.65. The number of rotatable bonds is 2. The number of aryl methyl sites for hydroxylation is 1. The van der Waals surface area contributed by atoms with E-state index < -0.39 is 0 Å². The van der Waals surface area contributed by atoms with E-state index in [2.05, 4.69) is 6.92 Å². The zero-order valence-electron chi connectivity index (χ0n) is 8.66. The zero-order chi connectivity index (χ0) is 10.8. The van der Waals surface area contributed by atoms with E-state index in [1.165, 1.54) is 0 Å². The summed E-state index contributed by atoms with van der Waals surface area (Å²) in [5.74, 6) is 0. The first-order valence-electron chi connectivity index (χ1n) is 4.92. The maximum absolute atomic E-state index is 5.91. The van der Waals surface area contributed by atoms with Crippen LogP contribution < -0.4 is 11.5 Å². The number of nitrogens with two attached hydrogens (primary N) is 2. The van der Waals surface area contributed by atoms with E-state index in [0.717, 1.165) is 28.8 Å². The second kappa shape index (κ2) is 3.69. The monoisotopic (exact) mass is 202 g/mol. The van der Waals surface area contributed by atoms with Gasteiger partial charge in [-0.1, -0.05) is 6.92 Å². The van der Waals surface area contributed by atoms with E-state index in [0.29, 0.717) is 5.69 Å². The molecule has 0 spiro atoms. The smallest absolute Gasteiger partial charge is 0.0984 e. The van der Waals surface area contributed by atoms with Crippen LogP contribution >= 0.6 is 0 Å². The van der Waals surface area contributed by atoms with Crippen LogP contribution in [-0.4, -0.2) is 0 Å². The number of furan rings is 1. The van der Waals surface area contributed by atoms with E-state index in [9.17, 15) is 0 Å². The minimum absolute atomic E-state index is 0.711. The topological polar surface area (TPSA) is 65.2 Å². The Morgan fingerprint density at radius 2 is 1.93 bits per heavy atom. The standard InChI is InChI=1S/C12H14N2O/c1-2-8-6-15-7-11(8)10-5-9(13)3-4-12(10)14/h3-7H,2,13-14H2,1H3. The Hall–Kier alpha value is -1.90. The minimum atomic E-state index is 0.711. The van der Waals surface area contributed by atoms with Gasteiger partial charge in [0, 0.05) is 22.5 Å². The predicted octanol–water partition coefficient (Wildman–Crippen LogP) is 2.67. The molecule has 3 nitrogen and oxygen atoms in total. The summed E-state index contributed by atoms with van der Waals surface area (Å²) in [6.45, 7) is 2.08. The largest absolute Gasteiger partial charge is 0.472 e. The molecule has 0 bridgehead atoms. The Balaban J connectivity index is 2.58. The number of benzene rings is 1. The van der Waals surface area contributed by atoms with Gasteiger partial charge in [0.2, 0.25) is 0 Å². The highest BCUT2D eigenvalue weighted by atomic mass is 16.3. The third kappa shape index (κ3) is 1.68. The summed E-state index contributed by atoms with van der Waals surface area (Å²) >= 11 is 0. The zero-order valence-corrected chi connectivity index (χ0v) is 8.66. The number of nitrogen functional groups attached to an aromatic ring is 2. The third-order valence-corrected chi connectivity index (χ3v) is 2.49. The van der Waals surface area contributed by atoms with Crippen LogP contribution in [0.4, 0.5) is 11.4 Å². The summed E-state index contributed by atoms with van der Waals surface area (Å²) in [5.41, 5.74) is 16.2. The fourth-order valence-corrected chi connectivity index (χ4v) is 1.64. The highest BCUT2D eigenvalue weighted by Crippen LogP contribution is 2.31. The molecule has 2 aromatic rings. The van der Waals surface area contributed by atoms with E-state index >= 15 is 0 Å². The molecule has 2 rings (SSSR count). The van der Waals surface area contributed by atoms with Crippen LogP contribution in [0.15, 0.2) is 35.1 Å². The molecule has 0 aliphatic carbocycles. The van der Waals surface area contributed by atoms with Crippen LogP contribution in [0.3, 0.4) is 0 Å². The van der Waals surface area contributed by atoms with Gasteiger partial charge in [-0.2, -0.15) is 0 Å². The Bertz CT molecular complexity index is 474. The molecule has 0 amide bonds. The van der Waals surface area contributed by atoms with Gasteiger partial charge in [-0.05, 0) is 30.2 Å². The van der Waals surface area contributed by atoms with Gasteiger partial charge in [0.05, 0.1) is 12.5 Å². The summed E-state index contributed by atoms with van der Waals surface area (Å²) in [7, 11) is 0. The van der Waals surface area contributed by atoms with Crippen molar-refractivity contribution in [3.63, 3.8) is 0 Å². The molecule has 3 heteroatoms. The second-order valence-electron chi connectivity index (χ2n) is 3.51. The van der Waals surface area contributed by atoms with Crippen LogP contribution in [0.25, 0.3) is 11.1 Å². The fraction of sp³-hybridized carbons (Fsp3) is 0.167. The van der Waals surface area contributed by atoms with Crippen LogP contribution in [0.2, 0.25) is 0 Å². The Morgan fingerprint density at radius 1 is 1.13 bits per heavy atom. The first-order chi connectivity index (χ1) is 7.22. The average molecular weight is 202 g/mol. The van der Waals surface area contributed by atoms with Gasteiger partial charge in [-0.15, -0.1) is 0 Å². The molecule has 1 aromatic carbocycles. The van der Waals surface area contributed by atoms with Gasteiger partial charge in [-0.3, -0.25) is 0 Å². The predicted molar refractivity (Wildman–Crippen MR) is 62.3 cm³/mol. The Morgan fingerprint density at radius 3 is 2.67 bits per heavy atom. The second-order valence-corrected chi connectivity index (χ2v) is 3.51. The maximum Gasteiger partial charge on any atom is 0.0984 e. The summed E-state index contributed by atoms with van der Waals surface area (Å²) < 4.78 is 5.19. The van der Waals surface area contributed by atoms with Gasteiger partial charge in [-0.25, -0.2) is 0 Å². The molecule has 0 atom stereocenters. The van der Waals surface area contributed by atoms with Gasteiger partial charge in [0.25, 0.3) is 0 Å². The lowest BCUT2D eigenvalue weighted by atomic mass is 10.0. The van der Waals surface area contributed by atoms with Crippen molar-refractivity contribution < 1.29 is 4.42 Å². The average Bonchev–Trinajstić information content (AvgIpc) is 2.69. The van der Waals surface area contributed by atoms with E-state index in [1.807, 2.05) is 12.1 Å². The minimum Gasteiger partial charge on any atom is -0.472 e. The van der Waals surface area contributed by atoms with Crippen LogP contribution in [-0.2, 0) is 6.42 Å². The summed E-state index contributed by atoms with van der Waals surface area (Å²) in [4.78, 5) is 0. The van der Waals surface area contributed by atoms with Crippen LogP contribution in [0.5, 0.6) is 0 Å². The van der Waals surface area contributed by atoms with Crippen molar-refractivity contribution >= 4 is 11.4 Å². The van der Waals surface area contributed by atoms with Gasteiger partial charge in [0.1, 0.15) is 0 Å². The van der Waals surface area contributed by atoms with Crippen molar-refractivity contribution in [1.82, 2.24) is 0 Å². The van der Waals surface area contributed by atoms with E-state index in [4.69, 9.17) is 15.9 Å². The van der Waals surface area contributed by atoms with Crippen molar-refractivity contribution in [1.29, 1.82) is 0 Å². The molecule has 0 aliphatic rings. The quantitative estimate of drug-likeness (QED) is 0.736. The van der Waals surface area contributed by atoms with E-state index in [1.54, 1.807) is 18.6 Å². The number of anilines is 2. The molecule has 0 radical (unpaired) electrons. The molecule has 78 valence electrons. The molecule has 0 unspecified atom stereocenters. The number of hydrogen-bond donors (Lipinski definition) is 2. The maximum atomic E-state index is 5.91. The third-order valence-electron chi connectivity index (χ3n) is 2.49. The Kier molecular flexibility index (Phi) is 2.37. The summed E-state index contributed by atoms with van der Waals surface area (Å²) in [6.07, 6.45) is 4.38.